The van der Waals surface area contributed by atoms with E-state index >= 15 is 0 Å². The molecule has 0 aliphatic rings. The molecule has 0 amide bonds. The number of fused-ring (bicyclic) bond motifs is 1. The molecule has 0 aliphatic carbocycles. The monoisotopic (exact) mass is 298 g/mol. The lowest BCUT2D eigenvalue weighted by Crippen LogP contribution is -2.17. The minimum atomic E-state index is -4.73. The molecule has 0 aliphatic heterocycles. The molecule has 2 aromatic rings. The van der Waals surface area contributed by atoms with Crippen LogP contribution >= 0.6 is 0 Å². The number of hydrogen-bond donors (Lipinski definition) is 1. The van der Waals surface area contributed by atoms with E-state index in [2.05, 4.69) is 15.0 Å². The van der Waals surface area contributed by atoms with Gasteiger partial charge in [-0.2, -0.15) is 0 Å². The number of ether oxygens (including phenoxy) is 1. The molecular weight excluding hydrogens is 281 g/mol. The summed E-state index contributed by atoms with van der Waals surface area (Å²) in [4.78, 5) is 4.36. The Morgan fingerprint density at radius 1 is 1.24 bits per heavy atom. The smallest absolute Gasteiger partial charge is 0.403 e. The first-order valence-electron chi connectivity index (χ1n) is 6.79. The highest BCUT2D eigenvalue weighted by atomic mass is 19.4. The molecule has 0 spiro atoms. The molecule has 1 aromatic heterocycles. The maximum Gasteiger partial charge on any atom is 0.573 e. The number of aryl methyl sites for hydroxylation is 1. The van der Waals surface area contributed by atoms with E-state index in [-0.39, 0.29) is 11.3 Å². The standard InChI is InChI=1S/C15H17F3N2O/c1-4-11-9(3)13(19-5-2)10-7-6-8-12(14(10)20-11)21-15(16,17)18/h6-8H,4-5H2,1-3H3,(H,19,20). The fraction of sp³-hybridized carbons (Fsp3) is 0.400. The summed E-state index contributed by atoms with van der Waals surface area (Å²) in [6.45, 7) is 6.45. The van der Waals surface area contributed by atoms with Crippen molar-refractivity contribution in [3.63, 3.8) is 0 Å². The van der Waals surface area contributed by atoms with Crippen LogP contribution in [0.15, 0.2) is 18.2 Å². The van der Waals surface area contributed by atoms with Gasteiger partial charge in [-0.1, -0.05) is 19.1 Å². The predicted octanol–water partition coefficient (Wildman–Crippen LogP) is 4.44. The summed E-state index contributed by atoms with van der Waals surface area (Å²) in [6.07, 6.45) is -4.09. The fourth-order valence-electron chi connectivity index (χ4n) is 2.36. The zero-order valence-corrected chi connectivity index (χ0v) is 12.1. The first kappa shape index (κ1) is 15.4. The first-order chi connectivity index (χ1) is 9.87. The maximum absolute atomic E-state index is 12.5. The maximum atomic E-state index is 12.5. The van der Waals surface area contributed by atoms with Gasteiger partial charge in [-0.25, -0.2) is 4.98 Å². The second kappa shape index (κ2) is 5.79. The molecule has 21 heavy (non-hydrogen) atoms. The first-order valence-corrected chi connectivity index (χ1v) is 6.79. The number of pyridine rings is 1. The molecule has 3 nitrogen and oxygen atoms in total. The summed E-state index contributed by atoms with van der Waals surface area (Å²) in [5.74, 6) is -0.270. The molecule has 0 saturated heterocycles. The summed E-state index contributed by atoms with van der Waals surface area (Å²) < 4.78 is 41.6. The largest absolute Gasteiger partial charge is 0.573 e. The summed E-state index contributed by atoms with van der Waals surface area (Å²) in [5, 5.41) is 3.84. The van der Waals surface area contributed by atoms with Crippen molar-refractivity contribution in [1.29, 1.82) is 0 Å². The van der Waals surface area contributed by atoms with Crippen molar-refractivity contribution in [2.24, 2.45) is 0 Å². The number of benzene rings is 1. The summed E-state index contributed by atoms with van der Waals surface area (Å²) in [7, 11) is 0. The highest BCUT2D eigenvalue weighted by molar-refractivity contribution is 5.96. The predicted molar refractivity (Wildman–Crippen MR) is 76.7 cm³/mol. The lowest BCUT2D eigenvalue weighted by molar-refractivity contribution is -0.274. The van der Waals surface area contributed by atoms with Gasteiger partial charge in [0.1, 0.15) is 5.52 Å². The van der Waals surface area contributed by atoms with E-state index in [1.807, 2.05) is 20.8 Å². The van der Waals surface area contributed by atoms with Crippen molar-refractivity contribution in [2.45, 2.75) is 33.6 Å². The molecule has 0 bridgehead atoms. The van der Waals surface area contributed by atoms with Crippen molar-refractivity contribution in [3.8, 4) is 5.75 Å². The third-order valence-corrected chi connectivity index (χ3v) is 3.24. The van der Waals surface area contributed by atoms with Crippen molar-refractivity contribution in [2.75, 3.05) is 11.9 Å². The molecule has 6 heteroatoms. The van der Waals surface area contributed by atoms with Crippen LogP contribution in [0.4, 0.5) is 18.9 Å². The van der Waals surface area contributed by atoms with Crippen LogP contribution in [0.5, 0.6) is 5.75 Å². The summed E-state index contributed by atoms with van der Waals surface area (Å²) in [6, 6.07) is 4.57. The number of anilines is 1. The third kappa shape index (κ3) is 3.20. The quantitative estimate of drug-likeness (QED) is 0.906. The molecule has 0 radical (unpaired) electrons. The number of nitrogens with zero attached hydrogens (tertiary/aromatic N) is 1. The Hall–Kier alpha value is -1.98. The van der Waals surface area contributed by atoms with Gasteiger partial charge < -0.3 is 10.1 Å². The Balaban J connectivity index is 2.72. The van der Waals surface area contributed by atoms with E-state index in [9.17, 15) is 13.2 Å². The van der Waals surface area contributed by atoms with Crippen molar-refractivity contribution >= 4 is 16.6 Å². The van der Waals surface area contributed by atoms with Crippen LogP contribution in [-0.4, -0.2) is 17.9 Å². The number of aromatic nitrogens is 1. The van der Waals surface area contributed by atoms with E-state index in [0.717, 1.165) is 16.9 Å². The third-order valence-electron chi connectivity index (χ3n) is 3.24. The molecule has 114 valence electrons. The molecular formula is C15H17F3N2O. The molecule has 1 heterocycles. The Bertz CT molecular complexity index is 653. The zero-order chi connectivity index (χ0) is 15.6. The Kier molecular flexibility index (Phi) is 4.25. The zero-order valence-electron chi connectivity index (χ0n) is 12.1. The van der Waals surface area contributed by atoms with Crippen LogP contribution in [0.25, 0.3) is 10.9 Å². The summed E-state index contributed by atoms with van der Waals surface area (Å²) >= 11 is 0. The van der Waals surface area contributed by atoms with Crippen LogP contribution in [0.2, 0.25) is 0 Å². The second-order valence-electron chi connectivity index (χ2n) is 4.64. The average Bonchev–Trinajstić information content (AvgIpc) is 2.40. The minimum Gasteiger partial charge on any atom is -0.403 e. The van der Waals surface area contributed by atoms with Crippen molar-refractivity contribution < 1.29 is 17.9 Å². The number of rotatable bonds is 4. The van der Waals surface area contributed by atoms with Crippen LogP contribution in [0.3, 0.4) is 0 Å². The Morgan fingerprint density at radius 3 is 2.52 bits per heavy atom. The number of alkyl halides is 3. The summed E-state index contributed by atoms with van der Waals surface area (Å²) in [5.41, 5.74) is 2.76. The van der Waals surface area contributed by atoms with Gasteiger partial charge in [-0.3, -0.25) is 0 Å². The van der Waals surface area contributed by atoms with Crippen LogP contribution in [0, 0.1) is 6.92 Å². The van der Waals surface area contributed by atoms with Crippen molar-refractivity contribution in [1.82, 2.24) is 4.98 Å². The molecule has 1 N–H and O–H groups in total. The fourth-order valence-corrected chi connectivity index (χ4v) is 2.36. The molecule has 1 aromatic carbocycles. The highest BCUT2D eigenvalue weighted by Crippen LogP contribution is 2.35. The highest BCUT2D eigenvalue weighted by Gasteiger charge is 2.32. The number of nitrogens with one attached hydrogen (secondary N) is 1. The van der Waals surface area contributed by atoms with E-state index in [1.165, 1.54) is 12.1 Å². The number of para-hydroxylation sites is 1. The number of halogens is 3. The van der Waals surface area contributed by atoms with Crippen LogP contribution < -0.4 is 10.1 Å². The number of hydrogen-bond acceptors (Lipinski definition) is 3. The lowest BCUT2D eigenvalue weighted by Gasteiger charge is -2.17. The van der Waals surface area contributed by atoms with E-state index in [4.69, 9.17) is 0 Å². The SMILES string of the molecule is CCNc1c(C)c(CC)nc2c(OC(F)(F)F)cccc12. The molecule has 0 unspecified atom stereocenters. The van der Waals surface area contributed by atoms with Gasteiger partial charge in [0.2, 0.25) is 0 Å². The van der Waals surface area contributed by atoms with E-state index < -0.39 is 6.36 Å². The van der Waals surface area contributed by atoms with Gasteiger partial charge >= 0.3 is 6.36 Å². The van der Waals surface area contributed by atoms with Gasteiger partial charge in [0, 0.05) is 23.3 Å². The topological polar surface area (TPSA) is 34.2 Å². The normalized spacial score (nSPS) is 11.7. The minimum absolute atomic E-state index is 0.230. The van der Waals surface area contributed by atoms with Crippen molar-refractivity contribution in [3.05, 3.63) is 29.5 Å². The van der Waals surface area contributed by atoms with Crippen LogP contribution in [0.1, 0.15) is 25.1 Å². The molecule has 0 saturated carbocycles. The van der Waals surface area contributed by atoms with Gasteiger partial charge in [0.25, 0.3) is 0 Å². The average molecular weight is 298 g/mol. The van der Waals surface area contributed by atoms with Crippen LogP contribution in [-0.2, 0) is 6.42 Å². The van der Waals surface area contributed by atoms with Gasteiger partial charge in [0.05, 0.1) is 0 Å². The Morgan fingerprint density at radius 2 is 1.95 bits per heavy atom. The van der Waals surface area contributed by atoms with Gasteiger partial charge in [-0.15, -0.1) is 13.2 Å². The second-order valence-corrected chi connectivity index (χ2v) is 4.64. The Labute approximate surface area is 121 Å². The molecule has 0 atom stereocenters. The molecule has 0 fully saturated rings. The van der Waals surface area contributed by atoms with Gasteiger partial charge in [0.15, 0.2) is 5.75 Å². The molecule has 2 rings (SSSR count). The van der Waals surface area contributed by atoms with E-state index in [0.29, 0.717) is 18.4 Å². The lowest BCUT2D eigenvalue weighted by atomic mass is 10.0. The van der Waals surface area contributed by atoms with Gasteiger partial charge in [-0.05, 0) is 31.9 Å². The van der Waals surface area contributed by atoms with E-state index in [1.54, 1.807) is 6.07 Å².